The summed E-state index contributed by atoms with van der Waals surface area (Å²) in [5.41, 5.74) is -0.297. The largest absolute Gasteiger partial charge is 0.455 e. The van der Waals surface area contributed by atoms with Gasteiger partial charge < -0.3 is 10.1 Å². The van der Waals surface area contributed by atoms with Gasteiger partial charge in [0.15, 0.2) is 6.61 Å². The highest BCUT2D eigenvalue weighted by Crippen LogP contribution is 2.07. The van der Waals surface area contributed by atoms with Crippen LogP contribution in [0.5, 0.6) is 0 Å². The fraction of sp³-hybridized carbons (Fsp3) is 0.286. The average molecular weight is 337 g/mol. The molecule has 0 aromatic carbocycles. The maximum atomic E-state index is 11.8. The van der Waals surface area contributed by atoms with E-state index in [0.717, 1.165) is 20.8 Å². The standard InChI is InChI=1S/C14H15N3O5S/c1-16-10(6-12(19)17(2)14(16)21)15-11(18)7-22-13(20)5-9-3-4-23-8-9/h3-4,6,8H,5,7H2,1-2H3,(H,15,18). The first-order chi connectivity index (χ1) is 10.9. The third-order valence-corrected chi connectivity index (χ3v) is 3.82. The predicted octanol–water partition coefficient (Wildman–Crippen LogP) is -0.130. The van der Waals surface area contributed by atoms with Gasteiger partial charge in [-0.15, -0.1) is 0 Å². The SMILES string of the molecule is Cn1c(NC(=O)COC(=O)Cc2ccsc2)cc(=O)n(C)c1=O. The summed E-state index contributed by atoms with van der Waals surface area (Å²) >= 11 is 1.46. The molecule has 0 spiro atoms. The number of anilines is 1. The number of thiophene rings is 1. The summed E-state index contributed by atoms with van der Waals surface area (Å²) in [6, 6.07) is 2.91. The normalized spacial score (nSPS) is 10.3. The van der Waals surface area contributed by atoms with Crippen molar-refractivity contribution in [3.63, 3.8) is 0 Å². The topological polar surface area (TPSA) is 99.4 Å². The monoisotopic (exact) mass is 337 g/mol. The van der Waals surface area contributed by atoms with Crippen molar-refractivity contribution in [2.75, 3.05) is 11.9 Å². The van der Waals surface area contributed by atoms with E-state index in [-0.39, 0.29) is 12.2 Å². The molecule has 1 N–H and O–H groups in total. The fourth-order valence-corrected chi connectivity index (χ4v) is 2.46. The molecule has 2 heterocycles. The number of hydrogen-bond donors (Lipinski definition) is 1. The van der Waals surface area contributed by atoms with Gasteiger partial charge in [-0.2, -0.15) is 11.3 Å². The number of amides is 1. The third kappa shape index (κ3) is 4.16. The van der Waals surface area contributed by atoms with E-state index in [2.05, 4.69) is 5.32 Å². The molecule has 0 unspecified atom stereocenters. The molecule has 0 atom stereocenters. The van der Waals surface area contributed by atoms with E-state index >= 15 is 0 Å². The molecule has 23 heavy (non-hydrogen) atoms. The highest BCUT2D eigenvalue weighted by atomic mass is 32.1. The van der Waals surface area contributed by atoms with Gasteiger partial charge in [0, 0.05) is 20.2 Å². The Balaban J connectivity index is 1.94. The molecule has 2 aromatic rings. The maximum absolute atomic E-state index is 11.8. The Morgan fingerprint density at radius 3 is 2.65 bits per heavy atom. The summed E-state index contributed by atoms with van der Waals surface area (Å²) < 4.78 is 6.89. The molecular formula is C14H15N3O5S. The summed E-state index contributed by atoms with van der Waals surface area (Å²) in [4.78, 5) is 46.6. The number of aromatic nitrogens is 2. The van der Waals surface area contributed by atoms with Gasteiger partial charge in [-0.25, -0.2) is 4.79 Å². The lowest BCUT2D eigenvalue weighted by atomic mass is 10.2. The first-order valence-corrected chi connectivity index (χ1v) is 7.56. The van der Waals surface area contributed by atoms with Crippen LogP contribution in [0.25, 0.3) is 0 Å². The molecule has 2 rings (SSSR count). The molecule has 2 aromatic heterocycles. The number of ether oxygens (including phenoxy) is 1. The summed E-state index contributed by atoms with van der Waals surface area (Å²) in [5, 5.41) is 6.02. The van der Waals surface area contributed by atoms with E-state index < -0.39 is 29.7 Å². The lowest BCUT2D eigenvalue weighted by Gasteiger charge is -2.10. The lowest BCUT2D eigenvalue weighted by Crippen LogP contribution is -2.38. The van der Waals surface area contributed by atoms with E-state index in [1.54, 1.807) is 6.07 Å². The zero-order valence-corrected chi connectivity index (χ0v) is 13.4. The molecular weight excluding hydrogens is 322 g/mol. The molecule has 8 nitrogen and oxygen atoms in total. The number of rotatable bonds is 5. The summed E-state index contributed by atoms with van der Waals surface area (Å²) in [6.07, 6.45) is 0.0845. The van der Waals surface area contributed by atoms with Crippen LogP contribution in [-0.4, -0.2) is 27.6 Å². The van der Waals surface area contributed by atoms with E-state index in [9.17, 15) is 19.2 Å². The van der Waals surface area contributed by atoms with Crippen molar-refractivity contribution in [3.05, 3.63) is 49.3 Å². The molecule has 122 valence electrons. The van der Waals surface area contributed by atoms with Crippen molar-refractivity contribution in [3.8, 4) is 0 Å². The minimum atomic E-state index is -0.632. The average Bonchev–Trinajstić information content (AvgIpc) is 3.01. The van der Waals surface area contributed by atoms with Gasteiger partial charge in [0.25, 0.3) is 11.5 Å². The lowest BCUT2D eigenvalue weighted by molar-refractivity contribution is -0.146. The van der Waals surface area contributed by atoms with Crippen LogP contribution < -0.4 is 16.6 Å². The van der Waals surface area contributed by atoms with Crippen molar-refractivity contribution in [1.82, 2.24) is 9.13 Å². The zero-order chi connectivity index (χ0) is 17.0. The number of hydrogen-bond acceptors (Lipinski definition) is 6. The van der Waals surface area contributed by atoms with Gasteiger partial charge in [-0.05, 0) is 22.4 Å². The second-order valence-corrected chi connectivity index (χ2v) is 5.57. The smallest absolute Gasteiger partial charge is 0.332 e. The number of carbonyl (C=O) groups excluding carboxylic acids is 2. The predicted molar refractivity (Wildman–Crippen MR) is 84.5 cm³/mol. The quantitative estimate of drug-likeness (QED) is 0.766. The second kappa shape index (κ2) is 7.05. The van der Waals surface area contributed by atoms with Crippen molar-refractivity contribution in [2.24, 2.45) is 14.1 Å². The Kier molecular flexibility index (Phi) is 5.12. The molecule has 0 saturated carbocycles. The van der Waals surface area contributed by atoms with Gasteiger partial charge in [-0.3, -0.25) is 23.5 Å². The number of esters is 1. The van der Waals surface area contributed by atoms with Crippen molar-refractivity contribution >= 4 is 29.0 Å². The van der Waals surface area contributed by atoms with E-state index in [0.29, 0.717) is 0 Å². The molecule has 0 radical (unpaired) electrons. The highest BCUT2D eigenvalue weighted by molar-refractivity contribution is 7.07. The number of carbonyl (C=O) groups is 2. The van der Waals surface area contributed by atoms with Gasteiger partial charge in [0.05, 0.1) is 6.42 Å². The maximum Gasteiger partial charge on any atom is 0.332 e. The van der Waals surface area contributed by atoms with E-state index in [4.69, 9.17) is 4.74 Å². The fourth-order valence-electron chi connectivity index (χ4n) is 1.79. The number of nitrogens with one attached hydrogen (secondary N) is 1. The summed E-state index contributed by atoms with van der Waals surface area (Å²) in [5.74, 6) is -1.12. The molecule has 0 aliphatic heterocycles. The van der Waals surface area contributed by atoms with Crippen LogP contribution in [-0.2, 0) is 34.8 Å². The van der Waals surface area contributed by atoms with Crippen molar-refractivity contribution in [1.29, 1.82) is 0 Å². The van der Waals surface area contributed by atoms with Crippen molar-refractivity contribution < 1.29 is 14.3 Å². The van der Waals surface area contributed by atoms with Crippen LogP contribution >= 0.6 is 11.3 Å². The molecule has 0 saturated heterocycles. The molecule has 0 bridgehead atoms. The second-order valence-electron chi connectivity index (χ2n) is 4.79. The Labute approximate surface area is 134 Å². The van der Waals surface area contributed by atoms with Crippen LogP contribution in [0.2, 0.25) is 0 Å². The minimum absolute atomic E-state index is 0.0389. The Morgan fingerprint density at radius 2 is 2.00 bits per heavy atom. The summed E-state index contributed by atoms with van der Waals surface area (Å²) in [7, 11) is 2.75. The van der Waals surface area contributed by atoms with Crippen LogP contribution in [0.4, 0.5) is 5.82 Å². The van der Waals surface area contributed by atoms with Crippen LogP contribution in [0.1, 0.15) is 5.56 Å². The Hall–Kier alpha value is -2.68. The minimum Gasteiger partial charge on any atom is -0.455 e. The molecule has 0 aliphatic rings. The van der Waals surface area contributed by atoms with E-state index in [1.807, 2.05) is 10.8 Å². The Morgan fingerprint density at radius 1 is 1.26 bits per heavy atom. The van der Waals surface area contributed by atoms with Crippen LogP contribution in [0, 0.1) is 0 Å². The molecule has 1 amide bonds. The Bertz CT molecular complexity index is 835. The highest BCUT2D eigenvalue weighted by Gasteiger charge is 2.12. The molecule has 9 heteroatoms. The van der Waals surface area contributed by atoms with Crippen LogP contribution in [0.3, 0.4) is 0 Å². The molecule has 0 aliphatic carbocycles. The number of nitrogens with zero attached hydrogens (tertiary/aromatic N) is 2. The molecule has 0 fully saturated rings. The van der Waals surface area contributed by atoms with Gasteiger partial charge in [-0.1, -0.05) is 0 Å². The van der Waals surface area contributed by atoms with Crippen LogP contribution in [0.15, 0.2) is 32.5 Å². The van der Waals surface area contributed by atoms with Gasteiger partial charge in [0.2, 0.25) is 0 Å². The first kappa shape index (κ1) is 16.7. The van der Waals surface area contributed by atoms with Gasteiger partial charge >= 0.3 is 11.7 Å². The van der Waals surface area contributed by atoms with Crippen molar-refractivity contribution in [2.45, 2.75) is 6.42 Å². The van der Waals surface area contributed by atoms with E-state index in [1.165, 1.54) is 25.4 Å². The zero-order valence-electron chi connectivity index (χ0n) is 12.6. The summed E-state index contributed by atoms with van der Waals surface area (Å²) in [6.45, 7) is -0.494. The first-order valence-electron chi connectivity index (χ1n) is 6.62. The third-order valence-electron chi connectivity index (χ3n) is 3.09. The van der Waals surface area contributed by atoms with Gasteiger partial charge in [0.1, 0.15) is 5.82 Å².